The van der Waals surface area contributed by atoms with E-state index in [0.717, 1.165) is 77.0 Å². The van der Waals surface area contributed by atoms with Crippen molar-refractivity contribution in [1.82, 2.24) is 0 Å². The Kier molecular flexibility index (Phi) is 34.9. The molecule has 0 spiro atoms. The van der Waals surface area contributed by atoms with Gasteiger partial charge in [-0.2, -0.15) is 0 Å². The summed E-state index contributed by atoms with van der Waals surface area (Å²) in [5, 5.41) is 10.3. The Bertz CT molecular complexity index is 608. The lowest BCUT2D eigenvalue weighted by molar-refractivity contribution is -0.145. The highest BCUT2D eigenvalue weighted by Gasteiger charge is 2.15. The van der Waals surface area contributed by atoms with E-state index < -0.39 is 0 Å². The number of aliphatic hydroxyl groups is 1. The van der Waals surface area contributed by atoms with Gasteiger partial charge in [0.05, 0.1) is 19.3 Å². The normalized spacial score (nSPS) is 12.1. The zero-order valence-electron chi connectivity index (χ0n) is 30.6. The van der Waals surface area contributed by atoms with Gasteiger partial charge in [0.25, 0.3) is 0 Å². The molecule has 0 aliphatic rings. The monoisotopic (exact) mass is 639 g/mol. The summed E-state index contributed by atoms with van der Waals surface area (Å²) in [7, 11) is 0. The van der Waals surface area contributed by atoms with Crippen LogP contribution in [0.25, 0.3) is 0 Å². The molecule has 1 atom stereocenters. The molecule has 5 nitrogen and oxygen atoms in total. The Balaban J connectivity index is 3.70. The van der Waals surface area contributed by atoms with Gasteiger partial charge in [0, 0.05) is 12.8 Å². The van der Waals surface area contributed by atoms with Crippen LogP contribution in [0.1, 0.15) is 220 Å². The molecule has 0 aromatic heterocycles. The molecule has 0 saturated heterocycles. The standard InChI is InChI=1S/C40H78O5/c1-4-7-10-13-14-17-26-33-39(42)44-34-27-20-18-24-31-38(41)32-25-19-21-28-35-45-40(43)36-37(29-22-15-11-8-5-2)30-23-16-12-9-6-3/h37-38,41H,4-36H2,1-3H3. The Morgan fingerprint density at radius 2 is 0.800 bits per heavy atom. The van der Waals surface area contributed by atoms with E-state index in [4.69, 9.17) is 9.47 Å². The maximum absolute atomic E-state index is 12.5. The third-order valence-corrected chi connectivity index (χ3v) is 9.26. The smallest absolute Gasteiger partial charge is 0.306 e. The van der Waals surface area contributed by atoms with Gasteiger partial charge >= 0.3 is 11.9 Å². The molecule has 45 heavy (non-hydrogen) atoms. The van der Waals surface area contributed by atoms with Gasteiger partial charge < -0.3 is 14.6 Å². The van der Waals surface area contributed by atoms with Gasteiger partial charge in [0.1, 0.15) is 0 Å². The average Bonchev–Trinajstić information content (AvgIpc) is 3.03. The van der Waals surface area contributed by atoms with Crippen LogP contribution in [0.3, 0.4) is 0 Å². The van der Waals surface area contributed by atoms with Crippen LogP contribution < -0.4 is 0 Å². The molecule has 0 amide bonds. The average molecular weight is 639 g/mol. The quantitative estimate of drug-likeness (QED) is 0.0546. The van der Waals surface area contributed by atoms with Crippen molar-refractivity contribution < 1.29 is 24.2 Å². The number of aliphatic hydroxyl groups excluding tert-OH is 1. The van der Waals surface area contributed by atoms with Crippen LogP contribution in [0.4, 0.5) is 0 Å². The predicted octanol–water partition coefficient (Wildman–Crippen LogP) is 12.2. The second-order valence-corrected chi connectivity index (χ2v) is 13.8. The van der Waals surface area contributed by atoms with Crippen LogP contribution in [0.15, 0.2) is 0 Å². The molecule has 5 heteroatoms. The first-order valence-corrected chi connectivity index (χ1v) is 20.0. The molecule has 0 radical (unpaired) electrons. The largest absolute Gasteiger partial charge is 0.466 e. The SMILES string of the molecule is CCCCCCCCCC(=O)OCCCCCCC(O)CCCCCCOC(=O)CC(CCCCCCC)CCCCCCC. The molecular formula is C40H78O5. The number of hydrogen-bond acceptors (Lipinski definition) is 5. The molecule has 268 valence electrons. The van der Waals surface area contributed by atoms with E-state index in [-0.39, 0.29) is 18.0 Å². The van der Waals surface area contributed by atoms with Crippen LogP contribution in [-0.4, -0.2) is 36.4 Å². The van der Waals surface area contributed by atoms with E-state index in [1.807, 2.05) is 0 Å². The molecule has 0 fully saturated rings. The lowest BCUT2D eigenvalue weighted by atomic mass is 9.91. The van der Waals surface area contributed by atoms with Crippen LogP contribution in [0.5, 0.6) is 0 Å². The molecule has 0 saturated carbocycles. The van der Waals surface area contributed by atoms with E-state index in [1.54, 1.807) is 0 Å². The van der Waals surface area contributed by atoms with Crippen molar-refractivity contribution in [2.75, 3.05) is 13.2 Å². The predicted molar refractivity (Wildman–Crippen MR) is 192 cm³/mol. The Morgan fingerprint density at radius 1 is 0.444 bits per heavy atom. The van der Waals surface area contributed by atoms with Crippen LogP contribution >= 0.6 is 0 Å². The Hall–Kier alpha value is -1.10. The fraction of sp³-hybridized carbons (Fsp3) is 0.950. The summed E-state index contributed by atoms with van der Waals surface area (Å²) < 4.78 is 11.0. The van der Waals surface area contributed by atoms with Gasteiger partial charge in [-0.1, -0.05) is 162 Å². The number of hydrogen-bond donors (Lipinski definition) is 1. The summed E-state index contributed by atoms with van der Waals surface area (Å²) in [4.78, 5) is 24.4. The molecule has 0 heterocycles. The van der Waals surface area contributed by atoms with Gasteiger partial charge in [-0.15, -0.1) is 0 Å². The van der Waals surface area contributed by atoms with Gasteiger partial charge in [-0.05, 0) is 50.9 Å². The minimum atomic E-state index is -0.219. The fourth-order valence-corrected chi connectivity index (χ4v) is 6.20. The van der Waals surface area contributed by atoms with Crippen LogP contribution in [-0.2, 0) is 19.1 Å². The fourth-order valence-electron chi connectivity index (χ4n) is 6.20. The van der Waals surface area contributed by atoms with Crippen molar-refractivity contribution in [2.45, 2.75) is 226 Å². The first-order valence-electron chi connectivity index (χ1n) is 20.0. The van der Waals surface area contributed by atoms with E-state index in [0.29, 0.717) is 32.0 Å². The number of carbonyl (C=O) groups excluding carboxylic acids is 2. The zero-order valence-corrected chi connectivity index (χ0v) is 30.6. The maximum atomic E-state index is 12.5. The first-order chi connectivity index (χ1) is 22.0. The Morgan fingerprint density at radius 3 is 1.27 bits per heavy atom. The number of ether oxygens (including phenoxy) is 2. The molecule has 0 bridgehead atoms. The molecule has 0 aromatic rings. The number of unbranched alkanes of at least 4 members (excludes halogenated alkanes) is 20. The molecule has 0 rings (SSSR count). The molecule has 0 aromatic carbocycles. The van der Waals surface area contributed by atoms with Gasteiger partial charge in [-0.3, -0.25) is 9.59 Å². The highest BCUT2D eigenvalue weighted by Crippen LogP contribution is 2.23. The minimum absolute atomic E-state index is 0.000742. The Labute approximate surface area is 280 Å². The number of esters is 2. The number of carbonyl (C=O) groups is 2. The van der Waals surface area contributed by atoms with Crippen molar-refractivity contribution in [3.05, 3.63) is 0 Å². The van der Waals surface area contributed by atoms with Crippen LogP contribution in [0.2, 0.25) is 0 Å². The van der Waals surface area contributed by atoms with Crippen molar-refractivity contribution >= 4 is 11.9 Å². The zero-order chi connectivity index (χ0) is 33.1. The van der Waals surface area contributed by atoms with Gasteiger partial charge in [0.2, 0.25) is 0 Å². The van der Waals surface area contributed by atoms with E-state index in [2.05, 4.69) is 20.8 Å². The lowest BCUT2D eigenvalue weighted by Crippen LogP contribution is -2.13. The summed E-state index contributed by atoms with van der Waals surface area (Å²) >= 11 is 0. The summed E-state index contributed by atoms with van der Waals surface area (Å²) in [5.41, 5.74) is 0. The third-order valence-electron chi connectivity index (χ3n) is 9.26. The molecule has 1 N–H and O–H groups in total. The maximum Gasteiger partial charge on any atom is 0.306 e. The topological polar surface area (TPSA) is 72.8 Å². The van der Waals surface area contributed by atoms with Crippen LogP contribution in [0, 0.1) is 5.92 Å². The third kappa shape index (κ3) is 34.1. The second kappa shape index (κ2) is 35.7. The molecule has 1 unspecified atom stereocenters. The number of rotatable bonds is 36. The van der Waals surface area contributed by atoms with Crippen molar-refractivity contribution in [3.8, 4) is 0 Å². The highest BCUT2D eigenvalue weighted by atomic mass is 16.5. The van der Waals surface area contributed by atoms with Crippen molar-refractivity contribution in [1.29, 1.82) is 0 Å². The summed E-state index contributed by atoms with van der Waals surface area (Å²) in [5.74, 6) is 0.446. The summed E-state index contributed by atoms with van der Waals surface area (Å²) in [6.45, 7) is 7.81. The van der Waals surface area contributed by atoms with E-state index in [1.165, 1.54) is 109 Å². The van der Waals surface area contributed by atoms with Crippen molar-refractivity contribution in [3.63, 3.8) is 0 Å². The second-order valence-electron chi connectivity index (χ2n) is 13.8. The lowest BCUT2D eigenvalue weighted by Gasteiger charge is -2.16. The summed E-state index contributed by atoms with van der Waals surface area (Å²) in [6, 6.07) is 0. The van der Waals surface area contributed by atoms with Crippen molar-refractivity contribution in [2.24, 2.45) is 5.92 Å². The van der Waals surface area contributed by atoms with Gasteiger partial charge in [-0.25, -0.2) is 0 Å². The minimum Gasteiger partial charge on any atom is -0.466 e. The molecule has 0 aliphatic heterocycles. The first kappa shape index (κ1) is 43.9. The van der Waals surface area contributed by atoms with E-state index >= 15 is 0 Å². The molecule has 0 aliphatic carbocycles. The summed E-state index contributed by atoms with van der Waals surface area (Å²) in [6.07, 6.45) is 34.6. The van der Waals surface area contributed by atoms with E-state index in [9.17, 15) is 14.7 Å². The molecular weight excluding hydrogens is 560 g/mol. The van der Waals surface area contributed by atoms with Gasteiger partial charge in [0.15, 0.2) is 0 Å². The highest BCUT2D eigenvalue weighted by molar-refractivity contribution is 5.69.